The second-order valence-corrected chi connectivity index (χ2v) is 5.18. The molecule has 2 heterocycles. The highest BCUT2D eigenvalue weighted by Gasteiger charge is 2.42. The minimum atomic E-state index is -4.16. The maximum absolute atomic E-state index is 12.5. The molecule has 2 fully saturated rings. The molecule has 0 aromatic carbocycles. The molecule has 1 atom stereocenters. The van der Waals surface area contributed by atoms with Crippen LogP contribution in [-0.4, -0.2) is 42.5 Å². The number of carbonyl (C=O) groups is 2. The lowest BCUT2D eigenvalue weighted by atomic mass is 9.93. The molecule has 4 nitrogen and oxygen atoms in total. The molecule has 2 rings (SSSR count). The number of carbonyl (C=O) groups excluding carboxylic acids is 2. The van der Waals surface area contributed by atoms with E-state index in [0.717, 1.165) is 0 Å². The van der Waals surface area contributed by atoms with Crippen LogP contribution >= 0.6 is 0 Å². The molecule has 2 saturated heterocycles. The third-order valence-corrected chi connectivity index (χ3v) is 3.88. The molecule has 1 N–H and O–H groups in total. The summed E-state index contributed by atoms with van der Waals surface area (Å²) in [6.45, 7) is 0.623. The van der Waals surface area contributed by atoms with Crippen LogP contribution in [0.3, 0.4) is 0 Å². The van der Waals surface area contributed by atoms with Crippen LogP contribution in [0.15, 0.2) is 0 Å². The minimum Gasteiger partial charge on any atom is -0.355 e. The Morgan fingerprint density at radius 2 is 1.84 bits per heavy atom. The van der Waals surface area contributed by atoms with Crippen LogP contribution in [0.2, 0.25) is 0 Å². The van der Waals surface area contributed by atoms with Crippen molar-refractivity contribution in [2.24, 2.45) is 11.8 Å². The molecule has 2 amide bonds. The number of nitrogens with zero attached hydrogens (tertiary/aromatic N) is 1. The van der Waals surface area contributed by atoms with Gasteiger partial charge in [-0.15, -0.1) is 0 Å². The van der Waals surface area contributed by atoms with Crippen molar-refractivity contribution >= 4 is 11.8 Å². The molecule has 0 aromatic rings. The van der Waals surface area contributed by atoms with Crippen molar-refractivity contribution in [3.8, 4) is 0 Å². The number of halogens is 3. The number of hydrogen-bond acceptors (Lipinski definition) is 2. The van der Waals surface area contributed by atoms with E-state index in [1.165, 1.54) is 4.90 Å². The topological polar surface area (TPSA) is 49.4 Å². The Morgan fingerprint density at radius 1 is 1.21 bits per heavy atom. The van der Waals surface area contributed by atoms with E-state index in [1.54, 1.807) is 0 Å². The van der Waals surface area contributed by atoms with E-state index in [4.69, 9.17) is 0 Å². The normalized spacial score (nSPS) is 26.2. The number of likely N-dealkylation sites (tertiary alicyclic amines) is 1. The summed E-state index contributed by atoms with van der Waals surface area (Å²) in [4.78, 5) is 24.6. The Morgan fingerprint density at radius 3 is 2.32 bits per heavy atom. The van der Waals surface area contributed by atoms with Gasteiger partial charge in [-0.25, -0.2) is 0 Å². The van der Waals surface area contributed by atoms with Gasteiger partial charge in [0.05, 0.1) is 11.8 Å². The number of hydrogen-bond donors (Lipinski definition) is 1. The quantitative estimate of drug-likeness (QED) is 0.786. The van der Waals surface area contributed by atoms with E-state index in [9.17, 15) is 22.8 Å². The lowest BCUT2D eigenvalue weighted by Gasteiger charge is -2.35. The zero-order valence-electron chi connectivity index (χ0n) is 10.5. The zero-order valence-corrected chi connectivity index (χ0v) is 10.5. The number of alkyl halides is 3. The maximum atomic E-state index is 12.5. The molecular weight excluding hydrogens is 261 g/mol. The molecule has 2 aliphatic rings. The van der Waals surface area contributed by atoms with Crippen LogP contribution in [0.25, 0.3) is 0 Å². The Balaban J connectivity index is 1.84. The van der Waals surface area contributed by atoms with Gasteiger partial charge in [0.2, 0.25) is 11.8 Å². The average molecular weight is 278 g/mol. The smallest absolute Gasteiger partial charge is 0.355 e. The van der Waals surface area contributed by atoms with Gasteiger partial charge in [-0.1, -0.05) is 0 Å². The summed E-state index contributed by atoms with van der Waals surface area (Å²) in [5, 5.41) is 2.62. The zero-order chi connectivity index (χ0) is 14.0. The molecule has 0 radical (unpaired) electrons. The largest absolute Gasteiger partial charge is 0.391 e. The molecular formula is C12H17F3N2O2. The van der Waals surface area contributed by atoms with Gasteiger partial charge in [-0.05, 0) is 19.3 Å². The second-order valence-electron chi connectivity index (χ2n) is 5.18. The van der Waals surface area contributed by atoms with Gasteiger partial charge in [0.15, 0.2) is 0 Å². The molecule has 0 aromatic heterocycles. The van der Waals surface area contributed by atoms with E-state index in [2.05, 4.69) is 5.32 Å². The van der Waals surface area contributed by atoms with E-state index in [-0.39, 0.29) is 43.7 Å². The van der Waals surface area contributed by atoms with Crippen LogP contribution in [0.1, 0.15) is 25.7 Å². The van der Waals surface area contributed by atoms with Gasteiger partial charge in [0, 0.05) is 26.1 Å². The molecule has 19 heavy (non-hydrogen) atoms. The van der Waals surface area contributed by atoms with Gasteiger partial charge < -0.3 is 10.2 Å². The van der Waals surface area contributed by atoms with Gasteiger partial charge in [-0.3, -0.25) is 9.59 Å². The molecule has 0 aliphatic carbocycles. The summed E-state index contributed by atoms with van der Waals surface area (Å²) in [5.74, 6) is -1.76. The molecule has 0 bridgehead atoms. The molecule has 108 valence electrons. The minimum absolute atomic E-state index is 0.0195. The summed E-state index contributed by atoms with van der Waals surface area (Å²) in [6, 6.07) is 0. The highest BCUT2D eigenvalue weighted by atomic mass is 19.4. The SMILES string of the molecule is O=C1CCC(C(=O)N2CCC(C(F)(F)F)CC2)CN1. The fourth-order valence-electron chi connectivity index (χ4n) is 2.63. The van der Waals surface area contributed by atoms with Crippen molar-refractivity contribution in [2.45, 2.75) is 31.9 Å². The lowest BCUT2D eigenvalue weighted by molar-refractivity contribution is -0.187. The first-order valence-electron chi connectivity index (χ1n) is 6.50. The maximum Gasteiger partial charge on any atom is 0.391 e. The van der Waals surface area contributed by atoms with Crippen molar-refractivity contribution in [3.05, 3.63) is 0 Å². The third kappa shape index (κ3) is 3.39. The fourth-order valence-corrected chi connectivity index (χ4v) is 2.63. The summed E-state index contributed by atoms with van der Waals surface area (Å²) in [7, 11) is 0. The Bertz CT molecular complexity index is 352. The fraction of sp³-hybridized carbons (Fsp3) is 0.833. The predicted octanol–water partition coefficient (Wildman–Crippen LogP) is 1.31. The van der Waals surface area contributed by atoms with Crippen LogP contribution < -0.4 is 5.32 Å². The van der Waals surface area contributed by atoms with E-state index in [1.807, 2.05) is 0 Å². The lowest BCUT2D eigenvalue weighted by Crippen LogP contribution is -2.48. The Hall–Kier alpha value is -1.27. The number of rotatable bonds is 1. The van der Waals surface area contributed by atoms with Crippen molar-refractivity contribution < 1.29 is 22.8 Å². The summed E-state index contributed by atoms with van der Waals surface area (Å²) in [5.41, 5.74) is 0. The van der Waals surface area contributed by atoms with Gasteiger partial charge in [0.25, 0.3) is 0 Å². The predicted molar refractivity (Wildman–Crippen MR) is 61.1 cm³/mol. The molecule has 7 heteroatoms. The first-order valence-corrected chi connectivity index (χ1v) is 6.50. The van der Waals surface area contributed by atoms with Crippen molar-refractivity contribution in [1.82, 2.24) is 10.2 Å². The van der Waals surface area contributed by atoms with Crippen molar-refractivity contribution in [3.63, 3.8) is 0 Å². The molecule has 0 spiro atoms. The third-order valence-electron chi connectivity index (χ3n) is 3.88. The van der Waals surface area contributed by atoms with E-state index < -0.39 is 12.1 Å². The first kappa shape index (κ1) is 14.1. The number of piperidine rings is 2. The van der Waals surface area contributed by atoms with Crippen molar-refractivity contribution in [1.29, 1.82) is 0 Å². The Labute approximate surface area is 109 Å². The molecule has 0 saturated carbocycles. The highest BCUT2D eigenvalue weighted by Crippen LogP contribution is 2.34. The summed E-state index contributed by atoms with van der Waals surface area (Å²) in [6.07, 6.45) is -3.39. The first-order chi connectivity index (χ1) is 8.88. The Kier molecular flexibility index (Phi) is 4.01. The van der Waals surface area contributed by atoms with Crippen LogP contribution in [0.5, 0.6) is 0 Å². The van der Waals surface area contributed by atoms with Crippen molar-refractivity contribution in [2.75, 3.05) is 19.6 Å². The van der Waals surface area contributed by atoms with Gasteiger partial charge in [-0.2, -0.15) is 13.2 Å². The summed E-state index contributed by atoms with van der Waals surface area (Å²) < 4.78 is 37.5. The monoisotopic (exact) mass is 278 g/mol. The van der Waals surface area contributed by atoms with Gasteiger partial charge >= 0.3 is 6.18 Å². The number of amides is 2. The average Bonchev–Trinajstić information content (AvgIpc) is 2.38. The number of nitrogens with one attached hydrogen (secondary N) is 1. The van der Waals surface area contributed by atoms with Gasteiger partial charge in [0.1, 0.15) is 0 Å². The molecule has 2 aliphatic heterocycles. The molecule has 1 unspecified atom stereocenters. The van der Waals surface area contributed by atoms with Crippen LogP contribution in [0, 0.1) is 11.8 Å². The standard InChI is InChI=1S/C12H17F3N2O2/c13-12(14,15)9-3-5-17(6-4-9)11(19)8-1-2-10(18)16-7-8/h8-9H,1-7H2,(H,16,18). The van der Waals surface area contributed by atoms with Crippen LogP contribution in [0.4, 0.5) is 13.2 Å². The second kappa shape index (κ2) is 5.38. The highest BCUT2D eigenvalue weighted by molar-refractivity contribution is 5.83. The van der Waals surface area contributed by atoms with Crippen LogP contribution in [-0.2, 0) is 9.59 Å². The van der Waals surface area contributed by atoms with E-state index >= 15 is 0 Å². The summed E-state index contributed by atoms with van der Waals surface area (Å²) >= 11 is 0. The van der Waals surface area contributed by atoms with E-state index in [0.29, 0.717) is 19.4 Å².